The summed E-state index contributed by atoms with van der Waals surface area (Å²) in [6, 6.07) is 26.8. The first-order chi connectivity index (χ1) is 13.2. The molecule has 27 heavy (non-hydrogen) atoms. The van der Waals surface area contributed by atoms with Crippen LogP contribution < -0.4 is 15.4 Å². The van der Waals surface area contributed by atoms with Gasteiger partial charge in [-0.15, -0.1) is 0 Å². The van der Waals surface area contributed by atoms with Crippen molar-refractivity contribution in [1.29, 1.82) is 0 Å². The van der Waals surface area contributed by atoms with Crippen LogP contribution in [0.15, 0.2) is 78.9 Å². The molecule has 0 aromatic heterocycles. The summed E-state index contributed by atoms with van der Waals surface area (Å²) < 4.78 is 6.01. The Balaban J connectivity index is 1.53. The summed E-state index contributed by atoms with van der Waals surface area (Å²) in [4.78, 5) is 0. The predicted molar refractivity (Wildman–Crippen MR) is 115 cm³/mol. The number of anilines is 2. The van der Waals surface area contributed by atoms with Crippen LogP contribution in [0, 0.1) is 0 Å². The Kier molecular flexibility index (Phi) is 6.75. The van der Waals surface area contributed by atoms with Crippen LogP contribution in [0.3, 0.4) is 0 Å². The minimum absolute atomic E-state index is 0.508. The number of hydrogen-bond donors (Lipinski definition) is 2. The van der Waals surface area contributed by atoms with E-state index in [0.717, 1.165) is 24.5 Å². The molecule has 3 nitrogen and oxygen atoms in total. The van der Waals surface area contributed by atoms with Gasteiger partial charge in [0.05, 0.1) is 5.69 Å². The summed E-state index contributed by atoms with van der Waals surface area (Å²) in [6.45, 7) is 6.67. The lowest BCUT2D eigenvalue weighted by Crippen LogP contribution is -2.15. The van der Waals surface area contributed by atoms with E-state index < -0.39 is 0 Å². The molecule has 3 aromatic rings. The Morgan fingerprint density at radius 1 is 0.704 bits per heavy atom. The van der Waals surface area contributed by atoms with Crippen molar-refractivity contribution >= 4 is 11.4 Å². The van der Waals surface area contributed by atoms with Crippen molar-refractivity contribution in [1.82, 2.24) is 0 Å². The number of benzene rings is 3. The van der Waals surface area contributed by atoms with Crippen LogP contribution in [0.25, 0.3) is 0 Å². The molecular weight excluding hydrogens is 332 g/mol. The van der Waals surface area contributed by atoms with E-state index in [-0.39, 0.29) is 0 Å². The topological polar surface area (TPSA) is 33.3 Å². The third-order valence-corrected chi connectivity index (χ3v) is 4.46. The van der Waals surface area contributed by atoms with Crippen molar-refractivity contribution in [3.05, 3.63) is 90.0 Å². The van der Waals surface area contributed by atoms with Gasteiger partial charge in [-0.1, -0.05) is 74.5 Å². The Hall–Kier alpha value is -2.94. The molecular formula is C24H28N2O. The molecule has 0 aliphatic carbocycles. The van der Waals surface area contributed by atoms with Crippen molar-refractivity contribution in [3.8, 4) is 5.75 Å². The SMILES string of the molecule is CC(C)c1ccccc1NCCNc1ccccc1OCc1ccccc1. The molecule has 0 saturated carbocycles. The summed E-state index contributed by atoms with van der Waals surface area (Å²) in [5.74, 6) is 1.39. The molecule has 2 N–H and O–H groups in total. The Morgan fingerprint density at radius 3 is 2.04 bits per heavy atom. The standard InChI is InChI=1S/C24H28N2O/c1-19(2)21-12-6-7-13-22(21)25-16-17-26-23-14-8-9-15-24(23)27-18-20-10-4-3-5-11-20/h3-15,19,25-26H,16-18H2,1-2H3. The van der Waals surface area contributed by atoms with E-state index in [9.17, 15) is 0 Å². The molecule has 3 rings (SSSR count). The van der Waals surface area contributed by atoms with Gasteiger partial charge in [0, 0.05) is 18.8 Å². The second kappa shape index (κ2) is 9.67. The Morgan fingerprint density at radius 2 is 1.30 bits per heavy atom. The molecule has 3 aromatic carbocycles. The Labute approximate surface area is 162 Å². The van der Waals surface area contributed by atoms with E-state index in [4.69, 9.17) is 4.74 Å². The smallest absolute Gasteiger partial charge is 0.142 e. The van der Waals surface area contributed by atoms with E-state index in [1.54, 1.807) is 0 Å². The lowest BCUT2D eigenvalue weighted by Gasteiger charge is -2.16. The molecule has 0 bridgehead atoms. The number of hydrogen-bond acceptors (Lipinski definition) is 3. The second-order valence-corrected chi connectivity index (χ2v) is 6.87. The van der Waals surface area contributed by atoms with Crippen LogP contribution in [-0.2, 0) is 6.61 Å². The highest BCUT2D eigenvalue weighted by Crippen LogP contribution is 2.25. The number of ether oxygens (including phenoxy) is 1. The van der Waals surface area contributed by atoms with Gasteiger partial charge in [-0.25, -0.2) is 0 Å². The van der Waals surface area contributed by atoms with Crippen LogP contribution in [-0.4, -0.2) is 13.1 Å². The van der Waals surface area contributed by atoms with Crippen molar-refractivity contribution < 1.29 is 4.74 Å². The van der Waals surface area contributed by atoms with E-state index in [1.807, 2.05) is 36.4 Å². The van der Waals surface area contributed by atoms with Gasteiger partial charge < -0.3 is 15.4 Å². The lowest BCUT2D eigenvalue weighted by atomic mass is 10.0. The minimum Gasteiger partial charge on any atom is -0.487 e. The van der Waals surface area contributed by atoms with Gasteiger partial charge in [-0.05, 0) is 35.2 Å². The zero-order chi connectivity index (χ0) is 18.9. The van der Waals surface area contributed by atoms with Crippen LogP contribution in [0.5, 0.6) is 5.75 Å². The second-order valence-electron chi connectivity index (χ2n) is 6.87. The summed E-state index contributed by atoms with van der Waals surface area (Å²) in [5, 5.41) is 7.02. The van der Waals surface area contributed by atoms with E-state index in [0.29, 0.717) is 12.5 Å². The van der Waals surface area contributed by atoms with Crippen LogP contribution in [0.2, 0.25) is 0 Å². The largest absolute Gasteiger partial charge is 0.487 e. The maximum absolute atomic E-state index is 6.01. The van der Waals surface area contributed by atoms with Crippen molar-refractivity contribution in [3.63, 3.8) is 0 Å². The third kappa shape index (κ3) is 5.52. The van der Waals surface area contributed by atoms with Crippen LogP contribution >= 0.6 is 0 Å². The molecule has 0 aliphatic heterocycles. The molecule has 0 fully saturated rings. The normalized spacial score (nSPS) is 10.6. The molecule has 0 heterocycles. The predicted octanol–water partition coefficient (Wildman–Crippen LogP) is 5.91. The van der Waals surface area contributed by atoms with Gasteiger partial charge in [0.1, 0.15) is 12.4 Å². The highest BCUT2D eigenvalue weighted by molar-refractivity contribution is 5.57. The van der Waals surface area contributed by atoms with E-state index in [2.05, 4.69) is 66.9 Å². The Bertz CT molecular complexity index is 831. The van der Waals surface area contributed by atoms with Gasteiger partial charge >= 0.3 is 0 Å². The van der Waals surface area contributed by atoms with E-state index in [1.165, 1.54) is 16.8 Å². The van der Waals surface area contributed by atoms with Crippen molar-refractivity contribution in [2.75, 3.05) is 23.7 Å². The number of para-hydroxylation sites is 3. The van der Waals surface area contributed by atoms with E-state index >= 15 is 0 Å². The highest BCUT2D eigenvalue weighted by atomic mass is 16.5. The molecule has 140 valence electrons. The minimum atomic E-state index is 0.508. The number of rotatable bonds is 9. The van der Waals surface area contributed by atoms with Gasteiger partial charge in [0.25, 0.3) is 0 Å². The molecule has 3 heteroatoms. The summed E-state index contributed by atoms with van der Waals surface area (Å²) in [7, 11) is 0. The zero-order valence-corrected chi connectivity index (χ0v) is 16.1. The maximum Gasteiger partial charge on any atom is 0.142 e. The third-order valence-electron chi connectivity index (χ3n) is 4.46. The fourth-order valence-electron chi connectivity index (χ4n) is 3.03. The van der Waals surface area contributed by atoms with Gasteiger partial charge in [-0.3, -0.25) is 0 Å². The average molecular weight is 361 g/mol. The molecule has 0 radical (unpaired) electrons. The molecule has 0 amide bonds. The quantitative estimate of drug-likeness (QED) is 0.465. The maximum atomic E-state index is 6.01. The fourth-order valence-corrected chi connectivity index (χ4v) is 3.03. The molecule has 0 saturated heterocycles. The van der Waals surface area contributed by atoms with Gasteiger partial charge in [-0.2, -0.15) is 0 Å². The first kappa shape index (κ1) is 18.8. The first-order valence-electron chi connectivity index (χ1n) is 9.56. The fraction of sp³-hybridized carbons (Fsp3) is 0.250. The van der Waals surface area contributed by atoms with Crippen molar-refractivity contribution in [2.45, 2.75) is 26.4 Å². The highest BCUT2D eigenvalue weighted by Gasteiger charge is 2.06. The first-order valence-corrected chi connectivity index (χ1v) is 9.56. The van der Waals surface area contributed by atoms with Gasteiger partial charge in [0.2, 0.25) is 0 Å². The summed E-state index contributed by atoms with van der Waals surface area (Å²) in [5.41, 5.74) is 4.75. The molecule has 0 aliphatic rings. The van der Waals surface area contributed by atoms with Gasteiger partial charge in [0.15, 0.2) is 0 Å². The number of nitrogens with one attached hydrogen (secondary N) is 2. The van der Waals surface area contributed by atoms with Crippen LogP contribution in [0.4, 0.5) is 11.4 Å². The lowest BCUT2D eigenvalue weighted by molar-refractivity contribution is 0.307. The molecule has 0 spiro atoms. The summed E-state index contributed by atoms with van der Waals surface area (Å²) >= 11 is 0. The average Bonchev–Trinajstić information content (AvgIpc) is 2.71. The molecule has 0 unspecified atom stereocenters. The monoisotopic (exact) mass is 360 g/mol. The zero-order valence-electron chi connectivity index (χ0n) is 16.1. The summed E-state index contributed by atoms with van der Waals surface area (Å²) in [6.07, 6.45) is 0. The van der Waals surface area contributed by atoms with Crippen LogP contribution in [0.1, 0.15) is 30.9 Å². The van der Waals surface area contributed by atoms with Crippen molar-refractivity contribution in [2.24, 2.45) is 0 Å². The molecule has 0 atom stereocenters.